The predicted molar refractivity (Wildman–Crippen MR) is 64.3 cm³/mol. The molecule has 1 unspecified atom stereocenters. The predicted octanol–water partition coefficient (Wildman–Crippen LogP) is 0.588. The third-order valence-electron chi connectivity index (χ3n) is 2.90. The summed E-state index contributed by atoms with van der Waals surface area (Å²) in [6.07, 6.45) is 0. The summed E-state index contributed by atoms with van der Waals surface area (Å²) in [7, 11) is 1.54. The van der Waals surface area contributed by atoms with Crippen molar-refractivity contribution in [2.75, 3.05) is 25.2 Å². The monoisotopic (exact) mass is 251 g/mol. The van der Waals surface area contributed by atoms with Crippen molar-refractivity contribution in [3.63, 3.8) is 0 Å². The Morgan fingerprint density at radius 3 is 2.89 bits per heavy atom. The lowest BCUT2D eigenvalue weighted by Gasteiger charge is -2.16. The summed E-state index contributed by atoms with van der Waals surface area (Å²) in [5, 5.41) is 10.7. The zero-order chi connectivity index (χ0) is 13.3. The summed E-state index contributed by atoms with van der Waals surface area (Å²) < 4.78 is 4.92. The van der Waals surface area contributed by atoms with Gasteiger partial charge in [0.2, 0.25) is 5.91 Å². The average Bonchev–Trinajstić information content (AvgIpc) is 2.60. The number of nitro benzene ring substituents is 1. The van der Waals surface area contributed by atoms with E-state index in [4.69, 9.17) is 10.5 Å². The Bertz CT molecular complexity index is 503. The van der Waals surface area contributed by atoms with Gasteiger partial charge in [0.15, 0.2) is 0 Å². The topological polar surface area (TPSA) is 98.7 Å². The van der Waals surface area contributed by atoms with Crippen LogP contribution in [0.5, 0.6) is 0 Å². The Morgan fingerprint density at radius 2 is 2.28 bits per heavy atom. The summed E-state index contributed by atoms with van der Waals surface area (Å²) in [6.45, 7) is 0.767. The molecular weight excluding hydrogens is 238 g/mol. The highest BCUT2D eigenvalue weighted by Crippen LogP contribution is 2.36. The number of fused-ring (bicyclic) bond motifs is 1. The highest BCUT2D eigenvalue weighted by molar-refractivity contribution is 6.04. The molecule has 0 radical (unpaired) electrons. The molecule has 1 amide bonds. The largest absolute Gasteiger partial charge is 0.383 e. The van der Waals surface area contributed by atoms with Crippen LogP contribution in [0.15, 0.2) is 18.2 Å². The van der Waals surface area contributed by atoms with Crippen molar-refractivity contribution in [3.05, 3.63) is 33.9 Å². The van der Waals surface area contributed by atoms with Crippen LogP contribution in [0.25, 0.3) is 0 Å². The van der Waals surface area contributed by atoms with Crippen LogP contribution in [0.3, 0.4) is 0 Å². The number of nitro groups is 1. The molecule has 2 N–H and O–H groups in total. The summed E-state index contributed by atoms with van der Waals surface area (Å²) in [4.78, 5) is 23.6. The van der Waals surface area contributed by atoms with Crippen molar-refractivity contribution in [1.29, 1.82) is 0 Å². The van der Waals surface area contributed by atoms with E-state index in [1.54, 1.807) is 6.07 Å². The maximum absolute atomic E-state index is 11.9. The Hall–Kier alpha value is -1.99. The van der Waals surface area contributed by atoms with E-state index in [1.165, 1.54) is 24.1 Å². The van der Waals surface area contributed by atoms with Gasteiger partial charge in [0.25, 0.3) is 5.69 Å². The fourth-order valence-corrected chi connectivity index (χ4v) is 1.98. The van der Waals surface area contributed by atoms with Crippen molar-refractivity contribution in [3.8, 4) is 0 Å². The molecule has 1 aromatic rings. The van der Waals surface area contributed by atoms with Gasteiger partial charge in [-0.2, -0.15) is 0 Å². The van der Waals surface area contributed by atoms with Crippen LogP contribution in [-0.4, -0.2) is 31.1 Å². The second-order valence-corrected chi connectivity index (χ2v) is 3.96. The highest BCUT2D eigenvalue weighted by atomic mass is 16.6. The molecule has 2 rings (SSSR count). The number of nitrogens with zero attached hydrogens (tertiary/aromatic N) is 2. The van der Waals surface area contributed by atoms with Gasteiger partial charge >= 0.3 is 0 Å². The third kappa shape index (κ3) is 1.93. The third-order valence-corrected chi connectivity index (χ3v) is 2.90. The van der Waals surface area contributed by atoms with Crippen molar-refractivity contribution in [2.24, 2.45) is 5.73 Å². The van der Waals surface area contributed by atoms with Crippen LogP contribution in [0.1, 0.15) is 11.6 Å². The number of hydrogen-bond donors (Lipinski definition) is 1. The van der Waals surface area contributed by atoms with E-state index in [2.05, 4.69) is 0 Å². The Balaban J connectivity index is 2.38. The smallest absolute Gasteiger partial charge is 0.269 e. The Morgan fingerprint density at radius 1 is 1.56 bits per heavy atom. The normalized spacial score (nSPS) is 18.0. The average molecular weight is 251 g/mol. The Labute approximate surface area is 103 Å². The number of anilines is 1. The summed E-state index contributed by atoms with van der Waals surface area (Å²) in [6, 6.07) is 3.43. The van der Waals surface area contributed by atoms with Gasteiger partial charge in [-0.15, -0.1) is 0 Å². The fourth-order valence-electron chi connectivity index (χ4n) is 1.98. The number of ether oxygens (including phenoxy) is 1. The Kier molecular flexibility index (Phi) is 3.26. The molecule has 1 aromatic carbocycles. The lowest BCUT2D eigenvalue weighted by atomic mass is 10.1. The van der Waals surface area contributed by atoms with Crippen LogP contribution in [0, 0.1) is 10.1 Å². The number of rotatable bonds is 4. The summed E-state index contributed by atoms with van der Waals surface area (Å²) in [5.74, 6) is -0.262. The van der Waals surface area contributed by atoms with Crippen LogP contribution < -0.4 is 10.6 Å². The molecule has 0 fully saturated rings. The molecule has 18 heavy (non-hydrogen) atoms. The molecule has 7 nitrogen and oxygen atoms in total. The quantitative estimate of drug-likeness (QED) is 0.623. The van der Waals surface area contributed by atoms with Crippen LogP contribution in [-0.2, 0) is 9.53 Å². The molecule has 1 atom stereocenters. The second kappa shape index (κ2) is 4.71. The molecular formula is C11H13N3O4. The zero-order valence-electron chi connectivity index (χ0n) is 9.83. The van der Waals surface area contributed by atoms with E-state index < -0.39 is 11.0 Å². The minimum atomic E-state index is -0.836. The van der Waals surface area contributed by atoms with E-state index in [-0.39, 0.29) is 11.6 Å². The maximum Gasteiger partial charge on any atom is 0.269 e. The van der Waals surface area contributed by atoms with Crippen LogP contribution >= 0.6 is 0 Å². The molecule has 0 saturated heterocycles. The lowest BCUT2D eigenvalue weighted by molar-refractivity contribution is -0.384. The van der Waals surface area contributed by atoms with Gasteiger partial charge in [0.05, 0.1) is 11.5 Å². The molecule has 1 aliphatic heterocycles. The number of amides is 1. The number of nitrogens with two attached hydrogens (primary N) is 1. The van der Waals surface area contributed by atoms with Crippen molar-refractivity contribution in [2.45, 2.75) is 6.04 Å². The van der Waals surface area contributed by atoms with Crippen LogP contribution in [0.2, 0.25) is 0 Å². The van der Waals surface area contributed by atoms with E-state index in [0.717, 1.165) is 0 Å². The first-order chi connectivity index (χ1) is 8.56. The molecule has 0 aromatic heterocycles. The minimum absolute atomic E-state index is 0.0643. The van der Waals surface area contributed by atoms with Gasteiger partial charge in [-0.25, -0.2) is 0 Å². The van der Waals surface area contributed by atoms with E-state index in [9.17, 15) is 14.9 Å². The van der Waals surface area contributed by atoms with Gasteiger partial charge < -0.3 is 15.4 Å². The molecule has 0 saturated carbocycles. The number of carbonyl (C=O) groups is 1. The van der Waals surface area contributed by atoms with Gasteiger partial charge in [-0.05, 0) is 6.07 Å². The molecule has 96 valence electrons. The molecule has 1 heterocycles. The van der Waals surface area contributed by atoms with Gasteiger partial charge in [-0.3, -0.25) is 14.9 Å². The van der Waals surface area contributed by atoms with E-state index >= 15 is 0 Å². The lowest BCUT2D eigenvalue weighted by Crippen LogP contribution is -2.34. The summed E-state index contributed by atoms with van der Waals surface area (Å²) in [5.41, 5.74) is 6.81. The van der Waals surface area contributed by atoms with Gasteiger partial charge in [0, 0.05) is 37.0 Å². The summed E-state index contributed by atoms with van der Waals surface area (Å²) >= 11 is 0. The minimum Gasteiger partial charge on any atom is -0.383 e. The first kappa shape index (κ1) is 12.5. The highest BCUT2D eigenvalue weighted by Gasteiger charge is 2.35. The van der Waals surface area contributed by atoms with Crippen molar-refractivity contribution >= 4 is 17.3 Å². The number of carbonyl (C=O) groups excluding carboxylic acids is 1. The van der Waals surface area contributed by atoms with E-state index in [1.807, 2.05) is 0 Å². The first-order valence-electron chi connectivity index (χ1n) is 5.40. The number of non-ortho nitro benzene ring substituents is 1. The fraction of sp³-hybridized carbons (Fsp3) is 0.364. The molecule has 7 heteroatoms. The zero-order valence-corrected chi connectivity index (χ0v) is 9.83. The van der Waals surface area contributed by atoms with Crippen molar-refractivity contribution < 1.29 is 14.5 Å². The van der Waals surface area contributed by atoms with Gasteiger partial charge in [-0.1, -0.05) is 0 Å². The SMILES string of the molecule is COCCN1C(=O)C(N)c2cc([N+](=O)[O-])ccc21. The number of methoxy groups -OCH3 is 1. The first-order valence-corrected chi connectivity index (χ1v) is 5.40. The standard InChI is InChI=1S/C11H13N3O4/c1-18-5-4-13-9-3-2-7(14(16)17)6-8(9)10(12)11(13)15/h2-3,6,10H,4-5,12H2,1H3. The molecule has 0 bridgehead atoms. The van der Waals surface area contributed by atoms with Crippen molar-refractivity contribution in [1.82, 2.24) is 0 Å². The van der Waals surface area contributed by atoms with E-state index in [0.29, 0.717) is 24.4 Å². The molecule has 1 aliphatic rings. The molecule has 0 spiro atoms. The molecule has 0 aliphatic carbocycles. The number of benzene rings is 1. The van der Waals surface area contributed by atoms with Crippen LogP contribution in [0.4, 0.5) is 11.4 Å². The maximum atomic E-state index is 11.9. The number of hydrogen-bond acceptors (Lipinski definition) is 5. The van der Waals surface area contributed by atoms with Gasteiger partial charge in [0.1, 0.15) is 6.04 Å². The second-order valence-electron chi connectivity index (χ2n) is 3.96.